The first kappa shape index (κ1) is 20.1. The lowest BCUT2D eigenvalue weighted by Crippen LogP contribution is -2.40. The second-order valence-corrected chi connectivity index (χ2v) is 7.62. The van der Waals surface area contributed by atoms with Crippen LogP contribution in [0.15, 0.2) is 36.7 Å². The molecule has 2 aliphatic rings. The number of nitriles is 1. The van der Waals surface area contributed by atoms with Crippen LogP contribution in [-0.2, 0) is 16.1 Å². The van der Waals surface area contributed by atoms with Gasteiger partial charge in [0.05, 0.1) is 18.8 Å². The van der Waals surface area contributed by atoms with Crippen molar-refractivity contribution in [3.63, 3.8) is 0 Å². The van der Waals surface area contributed by atoms with E-state index in [4.69, 9.17) is 10.00 Å². The fourth-order valence-corrected chi connectivity index (χ4v) is 3.88. The minimum absolute atomic E-state index is 0.0141. The summed E-state index contributed by atoms with van der Waals surface area (Å²) in [5.41, 5.74) is 1.61. The van der Waals surface area contributed by atoms with Crippen LogP contribution in [0.3, 0.4) is 0 Å². The van der Waals surface area contributed by atoms with E-state index >= 15 is 0 Å². The molecule has 2 aromatic heterocycles. The summed E-state index contributed by atoms with van der Waals surface area (Å²) in [6.07, 6.45) is 4.98. The molecule has 30 heavy (non-hydrogen) atoms. The zero-order chi connectivity index (χ0) is 20.8. The smallest absolute Gasteiger partial charge is 0.223 e. The average Bonchev–Trinajstić information content (AvgIpc) is 2.83. The van der Waals surface area contributed by atoms with Crippen LogP contribution in [0.1, 0.15) is 24.0 Å². The third-order valence-electron chi connectivity index (χ3n) is 5.68. The molecule has 8 nitrogen and oxygen atoms in total. The van der Waals surface area contributed by atoms with Crippen molar-refractivity contribution in [2.24, 2.45) is 5.92 Å². The number of nitrogens with zero attached hydrogens (tertiary/aromatic N) is 5. The number of carbonyl (C=O) groups is 1. The van der Waals surface area contributed by atoms with Crippen LogP contribution in [-0.4, -0.2) is 55.3 Å². The minimum atomic E-state index is 0.0141. The van der Waals surface area contributed by atoms with E-state index in [9.17, 15) is 4.79 Å². The summed E-state index contributed by atoms with van der Waals surface area (Å²) in [7, 11) is 0. The molecule has 0 saturated carbocycles. The van der Waals surface area contributed by atoms with Gasteiger partial charge in [0.25, 0.3) is 0 Å². The second kappa shape index (κ2) is 9.55. The second-order valence-electron chi connectivity index (χ2n) is 7.62. The third kappa shape index (κ3) is 4.86. The highest BCUT2D eigenvalue weighted by atomic mass is 16.5. The van der Waals surface area contributed by atoms with Gasteiger partial charge >= 0.3 is 0 Å². The van der Waals surface area contributed by atoms with Gasteiger partial charge in [0.2, 0.25) is 5.91 Å². The molecule has 2 fully saturated rings. The number of nitrogens with one attached hydrogen (secondary N) is 1. The molecule has 0 spiro atoms. The summed E-state index contributed by atoms with van der Waals surface area (Å²) in [6, 6.07) is 9.73. The van der Waals surface area contributed by atoms with Gasteiger partial charge in [0, 0.05) is 51.0 Å². The first-order valence-corrected chi connectivity index (χ1v) is 10.4. The maximum Gasteiger partial charge on any atom is 0.223 e. The summed E-state index contributed by atoms with van der Waals surface area (Å²) in [5, 5.41) is 12.0. The van der Waals surface area contributed by atoms with Crippen molar-refractivity contribution in [2.75, 3.05) is 49.2 Å². The molecule has 156 valence electrons. The standard InChI is InChI=1S/C22H26N6O2/c23-14-18-1-2-20(25-16-18)27-7-4-19(5-8-27)22(29)26-15-17-3-6-24-21(13-17)28-9-11-30-12-10-28/h1-3,6,13,16,19H,4-5,7-12,15H2,(H,26,29). The Bertz CT molecular complexity index is 897. The molecule has 4 heterocycles. The predicted molar refractivity (Wildman–Crippen MR) is 113 cm³/mol. The zero-order valence-corrected chi connectivity index (χ0v) is 17.0. The van der Waals surface area contributed by atoms with Gasteiger partial charge < -0.3 is 19.9 Å². The SMILES string of the molecule is N#Cc1ccc(N2CCC(C(=O)NCc3ccnc(N4CCOCC4)c3)CC2)nc1. The first-order chi connectivity index (χ1) is 14.7. The van der Waals surface area contributed by atoms with Gasteiger partial charge in [-0.15, -0.1) is 0 Å². The lowest BCUT2D eigenvalue weighted by atomic mass is 9.96. The Morgan fingerprint density at radius 1 is 1.10 bits per heavy atom. The minimum Gasteiger partial charge on any atom is -0.378 e. The summed E-state index contributed by atoms with van der Waals surface area (Å²) >= 11 is 0. The van der Waals surface area contributed by atoms with E-state index in [0.717, 1.165) is 69.4 Å². The summed E-state index contributed by atoms with van der Waals surface area (Å²) in [4.78, 5) is 25.8. The van der Waals surface area contributed by atoms with Crippen molar-refractivity contribution < 1.29 is 9.53 Å². The largest absolute Gasteiger partial charge is 0.378 e. The molecule has 0 aliphatic carbocycles. The van der Waals surface area contributed by atoms with Crippen molar-refractivity contribution >= 4 is 17.5 Å². The Balaban J connectivity index is 1.26. The number of anilines is 2. The lowest BCUT2D eigenvalue weighted by Gasteiger charge is -2.32. The number of aromatic nitrogens is 2. The summed E-state index contributed by atoms with van der Waals surface area (Å²) < 4.78 is 5.40. The van der Waals surface area contributed by atoms with E-state index in [2.05, 4.69) is 31.2 Å². The summed E-state index contributed by atoms with van der Waals surface area (Å²) in [6.45, 7) is 5.21. The number of rotatable bonds is 5. The van der Waals surface area contributed by atoms with Crippen LogP contribution in [0.4, 0.5) is 11.6 Å². The molecular formula is C22H26N6O2. The van der Waals surface area contributed by atoms with Gasteiger partial charge in [0.1, 0.15) is 17.7 Å². The zero-order valence-electron chi connectivity index (χ0n) is 17.0. The highest BCUT2D eigenvalue weighted by Gasteiger charge is 2.25. The molecule has 0 bridgehead atoms. The maximum absolute atomic E-state index is 12.7. The van der Waals surface area contributed by atoms with E-state index in [1.54, 1.807) is 18.5 Å². The number of amides is 1. The monoisotopic (exact) mass is 406 g/mol. The summed E-state index contributed by atoms with van der Waals surface area (Å²) in [5.74, 6) is 1.92. The molecule has 1 N–H and O–H groups in total. The third-order valence-corrected chi connectivity index (χ3v) is 5.68. The Morgan fingerprint density at radius 3 is 2.57 bits per heavy atom. The molecule has 0 unspecified atom stereocenters. The van der Waals surface area contributed by atoms with Gasteiger partial charge in [-0.25, -0.2) is 9.97 Å². The van der Waals surface area contributed by atoms with Gasteiger partial charge in [-0.2, -0.15) is 5.26 Å². The Labute approximate surface area is 176 Å². The van der Waals surface area contributed by atoms with Crippen LogP contribution in [0.5, 0.6) is 0 Å². The number of pyridine rings is 2. The molecule has 2 aliphatic heterocycles. The average molecular weight is 406 g/mol. The van der Waals surface area contributed by atoms with Gasteiger partial charge in [-0.3, -0.25) is 4.79 Å². The molecule has 1 amide bonds. The molecule has 4 rings (SSSR count). The number of hydrogen-bond donors (Lipinski definition) is 1. The van der Waals surface area contributed by atoms with Crippen LogP contribution in [0, 0.1) is 17.2 Å². The Hall–Kier alpha value is -3.18. The van der Waals surface area contributed by atoms with Crippen molar-refractivity contribution in [1.82, 2.24) is 15.3 Å². The molecular weight excluding hydrogens is 380 g/mol. The van der Waals surface area contributed by atoms with Crippen molar-refractivity contribution in [2.45, 2.75) is 19.4 Å². The van der Waals surface area contributed by atoms with Gasteiger partial charge in [-0.05, 0) is 42.7 Å². The number of hydrogen-bond acceptors (Lipinski definition) is 7. The van der Waals surface area contributed by atoms with Gasteiger partial charge in [0.15, 0.2) is 0 Å². The maximum atomic E-state index is 12.7. The number of morpholine rings is 1. The highest BCUT2D eigenvalue weighted by molar-refractivity contribution is 5.79. The highest BCUT2D eigenvalue weighted by Crippen LogP contribution is 2.22. The van der Waals surface area contributed by atoms with Gasteiger partial charge in [-0.1, -0.05) is 0 Å². The number of carbonyl (C=O) groups excluding carboxylic acids is 1. The fraction of sp³-hybridized carbons (Fsp3) is 0.455. The Morgan fingerprint density at radius 2 is 1.87 bits per heavy atom. The molecule has 2 aromatic rings. The normalized spacial score (nSPS) is 17.4. The van der Waals surface area contributed by atoms with E-state index in [-0.39, 0.29) is 11.8 Å². The van der Waals surface area contributed by atoms with E-state index in [1.165, 1.54) is 0 Å². The quantitative estimate of drug-likeness (QED) is 0.808. The first-order valence-electron chi connectivity index (χ1n) is 10.4. The number of ether oxygens (including phenoxy) is 1. The van der Waals surface area contributed by atoms with Crippen LogP contribution < -0.4 is 15.1 Å². The predicted octanol–water partition coefficient (Wildman–Crippen LogP) is 1.72. The molecule has 0 aromatic carbocycles. The van der Waals surface area contributed by atoms with Crippen molar-refractivity contribution in [3.05, 3.63) is 47.8 Å². The molecule has 8 heteroatoms. The van der Waals surface area contributed by atoms with Crippen LogP contribution >= 0.6 is 0 Å². The molecule has 0 atom stereocenters. The van der Waals surface area contributed by atoms with Crippen molar-refractivity contribution in [3.8, 4) is 6.07 Å². The van der Waals surface area contributed by atoms with Crippen LogP contribution in [0.25, 0.3) is 0 Å². The fourth-order valence-electron chi connectivity index (χ4n) is 3.88. The number of piperidine rings is 1. The topological polar surface area (TPSA) is 94.4 Å². The Kier molecular flexibility index (Phi) is 6.40. The molecule has 2 saturated heterocycles. The lowest BCUT2D eigenvalue weighted by molar-refractivity contribution is -0.125. The molecule has 0 radical (unpaired) electrons. The van der Waals surface area contributed by atoms with E-state index < -0.39 is 0 Å². The van der Waals surface area contributed by atoms with Crippen molar-refractivity contribution in [1.29, 1.82) is 5.26 Å². The van der Waals surface area contributed by atoms with E-state index in [0.29, 0.717) is 12.1 Å². The van der Waals surface area contributed by atoms with E-state index in [1.807, 2.05) is 18.2 Å². The van der Waals surface area contributed by atoms with Crippen LogP contribution in [0.2, 0.25) is 0 Å².